The van der Waals surface area contributed by atoms with Crippen molar-refractivity contribution in [3.05, 3.63) is 28.6 Å². The number of aromatic nitrogens is 1. The van der Waals surface area contributed by atoms with E-state index in [0.29, 0.717) is 18.9 Å². The second kappa shape index (κ2) is 3.47. The molecule has 0 aliphatic rings. The van der Waals surface area contributed by atoms with Crippen molar-refractivity contribution in [3.8, 4) is 0 Å². The summed E-state index contributed by atoms with van der Waals surface area (Å²) < 4.78 is 6.46. The molecule has 0 saturated heterocycles. The molecule has 3 nitrogen and oxygen atoms in total. The van der Waals surface area contributed by atoms with E-state index in [1.54, 1.807) is 0 Å². The molecule has 0 fully saturated rings. The van der Waals surface area contributed by atoms with Crippen molar-refractivity contribution in [3.63, 3.8) is 0 Å². The van der Waals surface area contributed by atoms with Gasteiger partial charge >= 0.3 is 0 Å². The Labute approximate surface area is 84.1 Å². The summed E-state index contributed by atoms with van der Waals surface area (Å²) >= 11 is 3.37. The van der Waals surface area contributed by atoms with Gasteiger partial charge < -0.3 is 10.2 Å². The molecule has 0 radical (unpaired) electrons. The molecule has 1 aromatic heterocycles. The molecule has 2 aromatic rings. The minimum Gasteiger partial charge on any atom is -0.441 e. The largest absolute Gasteiger partial charge is 0.441 e. The third-order valence-corrected chi connectivity index (χ3v) is 2.25. The van der Waals surface area contributed by atoms with Crippen LogP contribution in [0.3, 0.4) is 0 Å². The van der Waals surface area contributed by atoms with Gasteiger partial charge in [-0.2, -0.15) is 0 Å². The second-order valence-electron chi connectivity index (χ2n) is 2.76. The van der Waals surface area contributed by atoms with Crippen LogP contribution in [0.5, 0.6) is 0 Å². The van der Waals surface area contributed by atoms with E-state index in [-0.39, 0.29) is 0 Å². The SMILES string of the molecule is NCCc1nc2cc(Br)ccc2o1. The molecule has 1 aromatic carbocycles. The molecule has 4 heteroatoms. The number of halogens is 1. The van der Waals surface area contributed by atoms with Crippen LogP contribution in [0.15, 0.2) is 27.1 Å². The van der Waals surface area contributed by atoms with Crippen molar-refractivity contribution in [2.45, 2.75) is 6.42 Å². The van der Waals surface area contributed by atoms with Crippen LogP contribution in [0.25, 0.3) is 11.1 Å². The van der Waals surface area contributed by atoms with Gasteiger partial charge in [0.05, 0.1) is 0 Å². The number of benzene rings is 1. The standard InChI is InChI=1S/C9H9BrN2O/c10-6-1-2-8-7(5-6)12-9(13-8)3-4-11/h1-2,5H,3-4,11H2. The van der Waals surface area contributed by atoms with Crippen molar-refractivity contribution < 1.29 is 4.42 Å². The van der Waals surface area contributed by atoms with E-state index in [0.717, 1.165) is 15.6 Å². The smallest absolute Gasteiger partial charge is 0.196 e. The molecule has 0 unspecified atom stereocenters. The van der Waals surface area contributed by atoms with Crippen LogP contribution in [0.1, 0.15) is 5.89 Å². The van der Waals surface area contributed by atoms with Gasteiger partial charge in [0.25, 0.3) is 0 Å². The topological polar surface area (TPSA) is 52.0 Å². The van der Waals surface area contributed by atoms with Gasteiger partial charge in [0.2, 0.25) is 0 Å². The number of nitrogens with two attached hydrogens (primary N) is 1. The van der Waals surface area contributed by atoms with Gasteiger partial charge in [-0.05, 0) is 18.2 Å². The Hall–Kier alpha value is -0.870. The summed E-state index contributed by atoms with van der Waals surface area (Å²) in [7, 11) is 0. The van der Waals surface area contributed by atoms with Gasteiger partial charge in [0, 0.05) is 17.4 Å². The summed E-state index contributed by atoms with van der Waals surface area (Å²) in [5, 5.41) is 0. The predicted molar refractivity (Wildman–Crippen MR) is 54.5 cm³/mol. The summed E-state index contributed by atoms with van der Waals surface area (Å²) in [5.41, 5.74) is 7.09. The first-order valence-electron chi connectivity index (χ1n) is 4.04. The average molecular weight is 241 g/mol. The highest BCUT2D eigenvalue weighted by Crippen LogP contribution is 2.20. The molecular weight excluding hydrogens is 232 g/mol. The highest BCUT2D eigenvalue weighted by Gasteiger charge is 2.04. The Kier molecular flexibility index (Phi) is 2.33. The van der Waals surface area contributed by atoms with E-state index in [4.69, 9.17) is 10.2 Å². The van der Waals surface area contributed by atoms with Gasteiger partial charge in [0.15, 0.2) is 11.5 Å². The predicted octanol–water partition coefficient (Wildman–Crippen LogP) is 2.09. The van der Waals surface area contributed by atoms with Crippen molar-refractivity contribution in [1.29, 1.82) is 0 Å². The second-order valence-corrected chi connectivity index (χ2v) is 3.67. The third kappa shape index (κ3) is 1.73. The van der Waals surface area contributed by atoms with E-state index in [2.05, 4.69) is 20.9 Å². The molecule has 0 atom stereocenters. The Morgan fingerprint density at radius 2 is 2.31 bits per heavy atom. The lowest BCUT2D eigenvalue weighted by Gasteiger charge is -1.86. The molecular formula is C9H9BrN2O. The van der Waals surface area contributed by atoms with Crippen molar-refractivity contribution >= 4 is 27.0 Å². The first-order valence-corrected chi connectivity index (χ1v) is 4.84. The fourth-order valence-corrected chi connectivity index (χ4v) is 1.53. The van der Waals surface area contributed by atoms with Gasteiger partial charge in [-0.3, -0.25) is 0 Å². The van der Waals surface area contributed by atoms with Crippen LogP contribution in [-0.4, -0.2) is 11.5 Å². The maximum Gasteiger partial charge on any atom is 0.196 e. The van der Waals surface area contributed by atoms with Gasteiger partial charge in [-0.1, -0.05) is 15.9 Å². The number of rotatable bonds is 2. The van der Waals surface area contributed by atoms with Crippen molar-refractivity contribution in [1.82, 2.24) is 4.98 Å². The minimum atomic E-state index is 0.563. The lowest BCUT2D eigenvalue weighted by Crippen LogP contribution is -2.02. The number of oxazole rings is 1. The Balaban J connectivity index is 2.49. The lowest BCUT2D eigenvalue weighted by atomic mass is 10.3. The quantitative estimate of drug-likeness (QED) is 0.875. The lowest BCUT2D eigenvalue weighted by molar-refractivity contribution is 0.531. The maximum absolute atomic E-state index is 5.45. The fourth-order valence-electron chi connectivity index (χ4n) is 1.18. The Morgan fingerprint density at radius 3 is 3.08 bits per heavy atom. The van der Waals surface area contributed by atoms with Crippen LogP contribution in [0.2, 0.25) is 0 Å². The van der Waals surface area contributed by atoms with Crippen LogP contribution in [0.4, 0.5) is 0 Å². The van der Waals surface area contributed by atoms with Crippen LogP contribution in [-0.2, 0) is 6.42 Å². The maximum atomic E-state index is 5.45. The van der Waals surface area contributed by atoms with Crippen LogP contribution >= 0.6 is 15.9 Å². The van der Waals surface area contributed by atoms with Crippen molar-refractivity contribution in [2.24, 2.45) is 5.73 Å². The van der Waals surface area contributed by atoms with E-state index < -0.39 is 0 Å². The number of hydrogen-bond acceptors (Lipinski definition) is 3. The molecule has 0 aliphatic heterocycles. The zero-order valence-corrected chi connectivity index (χ0v) is 8.54. The molecule has 2 N–H and O–H groups in total. The fraction of sp³-hybridized carbons (Fsp3) is 0.222. The molecule has 0 spiro atoms. The molecule has 0 amide bonds. The van der Waals surface area contributed by atoms with Gasteiger partial charge in [-0.25, -0.2) is 4.98 Å². The molecule has 0 aliphatic carbocycles. The summed E-state index contributed by atoms with van der Waals surface area (Å²) in [6.45, 7) is 0.563. The molecule has 0 bridgehead atoms. The van der Waals surface area contributed by atoms with Gasteiger partial charge in [0.1, 0.15) is 5.52 Å². The number of nitrogens with zero attached hydrogens (tertiary/aromatic N) is 1. The Bertz CT molecular complexity index is 424. The minimum absolute atomic E-state index is 0.563. The van der Waals surface area contributed by atoms with E-state index in [1.165, 1.54) is 0 Å². The summed E-state index contributed by atoms with van der Waals surface area (Å²) in [6, 6.07) is 5.75. The zero-order valence-electron chi connectivity index (χ0n) is 6.96. The van der Waals surface area contributed by atoms with E-state index >= 15 is 0 Å². The first kappa shape index (κ1) is 8.72. The average Bonchev–Trinajstić information content (AvgIpc) is 2.46. The highest BCUT2D eigenvalue weighted by molar-refractivity contribution is 9.10. The molecule has 13 heavy (non-hydrogen) atoms. The Morgan fingerprint density at radius 1 is 1.46 bits per heavy atom. The zero-order chi connectivity index (χ0) is 9.26. The summed E-state index contributed by atoms with van der Waals surface area (Å²) in [4.78, 5) is 4.29. The third-order valence-electron chi connectivity index (χ3n) is 1.75. The normalized spacial score (nSPS) is 10.9. The molecule has 1 heterocycles. The highest BCUT2D eigenvalue weighted by atomic mass is 79.9. The molecule has 0 saturated carbocycles. The van der Waals surface area contributed by atoms with Crippen LogP contribution < -0.4 is 5.73 Å². The summed E-state index contributed by atoms with van der Waals surface area (Å²) in [6.07, 6.45) is 0.687. The van der Waals surface area contributed by atoms with Gasteiger partial charge in [-0.15, -0.1) is 0 Å². The first-order chi connectivity index (χ1) is 6.29. The molecule has 68 valence electrons. The van der Waals surface area contributed by atoms with Crippen LogP contribution in [0, 0.1) is 0 Å². The number of hydrogen-bond donors (Lipinski definition) is 1. The van der Waals surface area contributed by atoms with E-state index in [9.17, 15) is 0 Å². The van der Waals surface area contributed by atoms with Crippen molar-refractivity contribution in [2.75, 3.05) is 6.54 Å². The number of fused-ring (bicyclic) bond motifs is 1. The molecule has 2 rings (SSSR count). The monoisotopic (exact) mass is 240 g/mol. The summed E-state index contributed by atoms with van der Waals surface area (Å²) in [5.74, 6) is 0.704. The van der Waals surface area contributed by atoms with E-state index in [1.807, 2.05) is 18.2 Å².